The van der Waals surface area contributed by atoms with Crippen molar-refractivity contribution in [3.8, 4) is 0 Å². The van der Waals surface area contributed by atoms with Gasteiger partial charge < -0.3 is 9.80 Å². The summed E-state index contributed by atoms with van der Waals surface area (Å²) in [4.78, 5) is 16.4. The van der Waals surface area contributed by atoms with Crippen LogP contribution in [0.2, 0.25) is 0 Å². The summed E-state index contributed by atoms with van der Waals surface area (Å²) in [5.41, 5.74) is 0. The fourth-order valence-corrected chi connectivity index (χ4v) is 5.87. The molecule has 3 rings (SSSR count). The molecule has 2 saturated heterocycles. The number of nitrogens with zero attached hydrogens (tertiary/aromatic N) is 3. The molecule has 0 aromatic heterocycles. The van der Waals surface area contributed by atoms with Crippen molar-refractivity contribution < 1.29 is 13.2 Å². The summed E-state index contributed by atoms with van der Waals surface area (Å²) >= 11 is 0. The minimum absolute atomic E-state index is 0.0258. The SMILES string of the molecule is CN(C(=O)N1CCCC(N2CCCS2(=O)=O)C1)C1CCCC1. The molecule has 0 bridgehead atoms. The maximum absolute atomic E-state index is 12.7. The van der Waals surface area contributed by atoms with Gasteiger partial charge in [-0.3, -0.25) is 0 Å². The zero-order chi connectivity index (χ0) is 15.7. The molecule has 0 aromatic rings. The fraction of sp³-hybridized carbons (Fsp3) is 0.933. The van der Waals surface area contributed by atoms with Gasteiger partial charge in [0.2, 0.25) is 10.0 Å². The minimum atomic E-state index is -3.09. The van der Waals surface area contributed by atoms with Crippen LogP contribution in [-0.4, -0.2) is 73.1 Å². The van der Waals surface area contributed by atoms with Crippen molar-refractivity contribution in [2.45, 2.75) is 57.0 Å². The highest BCUT2D eigenvalue weighted by molar-refractivity contribution is 7.89. The molecule has 1 aliphatic carbocycles. The first-order chi connectivity index (χ1) is 10.5. The van der Waals surface area contributed by atoms with Gasteiger partial charge in [-0.1, -0.05) is 12.8 Å². The van der Waals surface area contributed by atoms with E-state index in [1.807, 2.05) is 16.8 Å². The van der Waals surface area contributed by atoms with Crippen LogP contribution in [0.5, 0.6) is 0 Å². The number of hydrogen-bond donors (Lipinski definition) is 0. The van der Waals surface area contributed by atoms with E-state index in [-0.39, 0.29) is 17.8 Å². The molecule has 0 N–H and O–H groups in total. The topological polar surface area (TPSA) is 60.9 Å². The molecular weight excluding hydrogens is 302 g/mol. The van der Waals surface area contributed by atoms with Gasteiger partial charge in [-0.2, -0.15) is 4.31 Å². The van der Waals surface area contributed by atoms with E-state index in [1.54, 1.807) is 4.31 Å². The molecule has 6 nitrogen and oxygen atoms in total. The molecule has 1 unspecified atom stereocenters. The molecule has 0 aromatic carbocycles. The standard InChI is InChI=1S/C15H27N3O3S/c1-16(13-6-2-3-7-13)15(19)17-9-4-8-14(12-17)18-10-5-11-22(18,20)21/h13-14H,2-12H2,1H3. The maximum Gasteiger partial charge on any atom is 0.320 e. The summed E-state index contributed by atoms with van der Waals surface area (Å²) in [7, 11) is -1.19. The number of rotatable bonds is 2. The predicted molar refractivity (Wildman–Crippen MR) is 85.1 cm³/mol. The Labute approximate surface area is 133 Å². The second-order valence-electron chi connectivity index (χ2n) is 6.85. The molecule has 0 spiro atoms. The van der Waals surface area contributed by atoms with Crippen molar-refractivity contribution in [3.63, 3.8) is 0 Å². The van der Waals surface area contributed by atoms with Gasteiger partial charge >= 0.3 is 6.03 Å². The Hall–Kier alpha value is -0.820. The van der Waals surface area contributed by atoms with Crippen molar-refractivity contribution >= 4 is 16.1 Å². The molecule has 1 saturated carbocycles. The van der Waals surface area contributed by atoms with Gasteiger partial charge in [0.25, 0.3) is 0 Å². The highest BCUT2D eigenvalue weighted by Crippen LogP contribution is 2.26. The fourth-order valence-electron chi connectivity index (χ4n) is 4.10. The number of piperidine rings is 1. The van der Waals surface area contributed by atoms with Crippen molar-refractivity contribution in [1.82, 2.24) is 14.1 Å². The number of sulfonamides is 1. The van der Waals surface area contributed by atoms with Gasteiger partial charge in [0, 0.05) is 38.8 Å². The molecule has 22 heavy (non-hydrogen) atoms. The van der Waals surface area contributed by atoms with Gasteiger partial charge in [-0.15, -0.1) is 0 Å². The summed E-state index contributed by atoms with van der Waals surface area (Å²) in [6.07, 6.45) is 7.08. The lowest BCUT2D eigenvalue weighted by atomic mass is 10.1. The van der Waals surface area contributed by atoms with Gasteiger partial charge in [-0.25, -0.2) is 13.2 Å². The smallest absolute Gasteiger partial charge is 0.320 e. The first kappa shape index (κ1) is 16.1. The Morgan fingerprint density at radius 2 is 1.77 bits per heavy atom. The maximum atomic E-state index is 12.7. The first-order valence-corrected chi connectivity index (χ1v) is 10.1. The minimum Gasteiger partial charge on any atom is -0.325 e. The van der Waals surface area contributed by atoms with E-state index in [0.29, 0.717) is 19.1 Å². The summed E-state index contributed by atoms with van der Waals surface area (Å²) in [6, 6.07) is 0.416. The van der Waals surface area contributed by atoms with Crippen molar-refractivity contribution in [1.29, 1.82) is 0 Å². The molecule has 1 atom stereocenters. The quantitative estimate of drug-likeness (QED) is 0.771. The molecular formula is C15H27N3O3S. The lowest BCUT2D eigenvalue weighted by Gasteiger charge is -2.39. The second-order valence-corrected chi connectivity index (χ2v) is 8.90. The normalized spacial score (nSPS) is 29.9. The molecule has 3 aliphatic rings. The number of likely N-dealkylation sites (tertiary alicyclic amines) is 1. The van der Waals surface area contributed by atoms with Crippen LogP contribution in [0.4, 0.5) is 4.79 Å². The number of carbonyl (C=O) groups excluding carboxylic acids is 1. The zero-order valence-corrected chi connectivity index (χ0v) is 14.2. The Morgan fingerprint density at radius 3 is 2.41 bits per heavy atom. The van der Waals surface area contributed by atoms with Crippen LogP contribution in [-0.2, 0) is 10.0 Å². The second kappa shape index (κ2) is 6.35. The first-order valence-electron chi connectivity index (χ1n) is 8.50. The van der Waals surface area contributed by atoms with Gasteiger partial charge in [0.1, 0.15) is 0 Å². The third kappa shape index (κ3) is 3.11. The Morgan fingerprint density at radius 1 is 1.05 bits per heavy atom. The van der Waals surface area contributed by atoms with Gasteiger partial charge in [-0.05, 0) is 32.1 Å². The Balaban J connectivity index is 1.64. The average molecular weight is 329 g/mol. The zero-order valence-electron chi connectivity index (χ0n) is 13.4. The summed E-state index contributed by atoms with van der Waals surface area (Å²) < 4.78 is 25.8. The Kier molecular flexibility index (Phi) is 4.64. The van der Waals surface area contributed by atoms with Crippen LogP contribution in [0.15, 0.2) is 0 Å². The van der Waals surface area contributed by atoms with Crippen LogP contribution in [0, 0.1) is 0 Å². The van der Waals surface area contributed by atoms with E-state index in [4.69, 9.17) is 0 Å². The summed E-state index contributed by atoms with van der Waals surface area (Å²) in [6.45, 7) is 1.92. The summed E-state index contributed by atoms with van der Waals surface area (Å²) in [5, 5.41) is 0. The number of amides is 2. The van der Waals surface area contributed by atoms with Crippen LogP contribution in [0.1, 0.15) is 44.9 Å². The third-order valence-corrected chi connectivity index (χ3v) is 7.39. The van der Waals surface area contributed by atoms with Crippen molar-refractivity contribution in [3.05, 3.63) is 0 Å². The van der Waals surface area contributed by atoms with Crippen LogP contribution < -0.4 is 0 Å². The van der Waals surface area contributed by atoms with Gasteiger partial charge in [0.05, 0.1) is 5.75 Å². The number of carbonyl (C=O) groups is 1. The van der Waals surface area contributed by atoms with E-state index in [2.05, 4.69) is 0 Å². The highest BCUT2D eigenvalue weighted by atomic mass is 32.2. The van der Waals surface area contributed by atoms with Gasteiger partial charge in [0.15, 0.2) is 0 Å². The molecule has 2 aliphatic heterocycles. The largest absolute Gasteiger partial charge is 0.325 e. The van der Waals surface area contributed by atoms with E-state index >= 15 is 0 Å². The summed E-state index contributed by atoms with van der Waals surface area (Å²) in [5.74, 6) is 0.263. The van der Waals surface area contributed by atoms with Crippen LogP contribution in [0.3, 0.4) is 0 Å². The van der Waals surface area contributed by atoms with E-state index < -0.39 is 10.0 Å². The van der Waals surface area contributed by atoms with Crippen molar-refractivity contribution in [2.24, 2.45) is 0 Å². The predicted octanol–water partition coefficient (Wildman–Crippen LogP) is 1.48. The molecule has 0 radical (unpaired) electrons. The Bertz CT molecular complexity index is 516. The van der Waals surface area contributed by atoms with E-state index in [1.165, 1.54) is 12.8 Å². The lowest BCUT2D eigenvalue weighted by molar-refractivity contribution is 0.117. The molecule has 3 fully saturated rings. The molecule has 2 amide bonds. The average Bonchev–Trinajstić information content (AvgIpc) is 3.15. The third-order valence-electron chi connectivity index (χ3n) is 5.39. The molecule has 2 heterocycles. The van der Waals surface area contributed by atoms with Crippen molar-refractivity contribution in [2.75, 3.05) is 32.4 Å². The number of hydrogen-bond acceptors (Lipinski definition) is 3. The highest BCUT2D eigenvalue weighted by Gasteiger charge is 2.38. The lowest BCUT2D eigenvalue weighted by Crippen LogP contribution is -2.54. The van der Waals surface area contributed by atoms with Crippen LogP contribution >= 0.6 is 0 Å². The molecule has 7 heteroatoms. The van der Waals surface area contributed by atoms with E-state index in [0.717, 1.165) is 38.6 Å². The molecule has 126 valence electrons. The van der Waals surface area contributed by atoms with E-state index in [9.17, 15) is 13.2 Å². The van der Waals surface area contributed by atoms with Crippen LogP contribution in [0.25, 0.3) is 0 Å². The number of urea groups is 1. The monoisotopic (exact) mass is 329 g/mol.